The number of aryl methyl sites for hydroxylation is 1. The Labute approximate surface area is 215 Å². The lowest BCUT2D eigenvalue weighted by molar-refractivity contribution is -0.140. The highest BCUT2D eigenvalue weighted by Gasteiger charge is 2.37. The molecular weight excluding hydrogens is 505 g/mol. The molecule has 4 aromatic heterocycles. The van der Waals surface area contributed by atoms with Crippen molar-refractivity contribution in [2.75, 3.05) is 11.1 Å². The van der Waals surface area contributed by atoms with Gasteiger partial charge in [-0.1, -0.05) is 13.8 Å². The fourth-order valence-electron chi connectivity index (χ4n) is 3.73. The van der Waals surface area contributed by atoms with Crippen molar-refractivity contribution in [1.82, 2.24) is 34.5 Å². The van der Waals surface area contributed by atoms with Gasteiger partial charge >= 0.3 is 6.18 Å². The first-order valence-electron chi connectivity index (χ1n) is 11.6. The third kappa shape index (κ3) is 5.55. The monoisotopic (exact) mass is 530 g/mol. The first-order valence-corrected chi connectivity index (χ1v) is 12.6. The van der Waals surface area contributed by atoms with Crippen molar-refractivity contribution in [3.8, 4) is 11.4 Å². The molecule has 1 atom stereocenters. The lowest BCUT2D eigenvalue weighted by Gasteiger charge is -2.18. The van der Waals surface area contributed by atoms with E-state index in [0.717, 1.165) is 22.7 Å². The Kier molecular flexibility index (Phi) is 7.71. The highest BCUT2D eigenvalue weighted by molar-refractivity contribution is 7.99. The normalized spacial score (nSPS) is 12.6. The van der Waals surface area contributed by atoms with Crippen molar-refractivity contribution < 1.29 is 13.2 Å². The first-order chi connectivity index (χ1) is 17.6. The second-order valence-electron chi connectivity index (χ2n) is 8.25. The van der Waals surface area contributed by atoms with E-state index in [-0.39, 0.29) is 46.7 Å². The van der Waals surface area contributed by atoms with Crippen LogP contribution in [0.25, 0.3) is 22.6 Å². The van der Waals surface area contributed by atoms with Gasteiger partial charge in [-0.15, -0.1) is 11.8 Å². The highest BCUT2D eigenvalue weighted by atomic mass is 32.2. The Bertz CT molecular complexity index is 1470. The smallest absolute Gasteiger partial charge is 0.360 e. The van der Waals surface area contributed by atoms with Crippen LogP contribution in [0, 0.1) is 6.92 Å². The van der Waals surface area contributed by atoms with Crippen LogP contribution in [0.4, 0.5) is 19.0 Å². The van der Waals surface area contributed by atoms with Gasteiger partial charge in [-0.05, 0) is 38.2 Å². The number of rotatable bonds is 8. The molecule has 0 saturated heterocycles. The van der Waals surface area contributed by atoms with Crippen LogP contribution in [0.3, 0.4) is 0 Å². The Hall–Kier alpha value is -3.61. The van der Waals surface area contributed by atoms with E-state index in [1.165, 1.54) is 17.7 Å². The molecule has 0 unspecified atom stereocenters. The molecule has 4 heterocycles. The molecule has 9 nitrogen and oxygen atoms in total. The zero-order valence-electron chi connectivity index (χ0n) is 20.7. The van der Waals surface area contributed by atoms with Crippen LogP contribution in [0.5, 0.6) is 0 Å². The topological polar surface area (TPSA) is 111 Å². The van der Waals surface area contributed by atoms with E-state index in [1.54, 1.807) is 18.0 Å². The minimum absolute atomic E-state index is 0.0706. The summed E-state index contributed by atoms with van der Waals surface area (Å²) in [5.74, 6) is 0.785. The molecule has 0 radical (unpaired) electrons. The third-order valence-corrected chi connectivity index (χ3v) is 6.60. The molecule has 0 aliphatic carbocycles. The van der Waals surface area contributed by atoms with Crippen LogP contribution in [0.2, 0.25) is 0 Å². The number of anilines is 1. The summed E-state index contributed by atoms with van der Waals surface area (Å²) < 4.78 is 42.4. The predicted octanol–water partition coefficient (Wildman–Crippen LogP) is 5.06. The third-order valence-electron chi connectivity index (χ3n) is 5.74. The summed E-state index contributed by atoms with van der Waals surface area (Å²) in [5, 5.41) is 3.04. The molecule has 0 aliphatic rings. The standard InChI is InChI=1S/C24H25F3N8OS/c1-5-13(3)35-22-17(11-30-20(34-22)18-14(4)31-12-32-19(18)24(25,26)27)33-21(23(35)36)29-9-15-7-8-16(10-28-15)37-6-2/h7-8,10-13H,5-6,9H2,1-4H3,(H,29,33)/t13-/m0/s1. The highest BCUT2D eigenvalue weighted by Crippen LogP contribution is 2.35. The number of alkyl halides is 3. The van der Waals surface area contributed by atoms with Gasteiger partial charge in [0.2, 0.25) is 0 Å². The molecule has 0 spiro atoms. The summed E-state index contributed by atoms with van der Waals surface area (Å²) in [5.41, 5.74) is -0.732. The van der Waals surface area contributed by atoms with Crippen LogP contribution in [0.1, 0.15) is 50.3 Å². The zero-order valence-corrected chi connectivity index (χ0v) is 21.5. The Morgan fingerprint density at radius 3 is 2.51 bits per heavy atom. The van der Waals surface area contributed by atoms with Crippen molar-refractivity contribution in [3.63, 3.8) is 0 Å². The SMILES string of the molecule is CCSc1ccc(CNc2nc3cnc(-c4c(C)ncnc4C(F)(F)F)nc3n([C@@H](C)CC)c2=O)nc1. The van der Waals surface area contributed by atoms with Crippen LogP contribution in [-0.2, 0) is 12.7 Å². The van der Waals surface area contributed by atoms with E-state index in [1.807, 2.05) is 26.0 Å². The van der Waals surface area contributed by atoms with Crippen LogP contribution in [-0.4, -0.2) is 40.2 Å². The molecule has 0 bridgehead atoms. The maximum Gasteiger partial charge on any atom is 0.434 e. The average Bonchev–Trinajstić information content (AvgIpc) is 2.87. The van der Waals surface area contributed by atoms with Crippen molar-refractivity contribution in [3.05, 3.63) is 58.3 Å². The Morgan fingerprint density at radius 1 is 1.08 bits per heavy atom. The number of aromatic nitrogens is 7. The van der Waals surface area contributed by atoms with Gasteiger partial charge in [0.25, 0.3) is 5.56 Å². The molecule has 37 heavy (non-hydrogen) atoms. The quantitative estimate of drug-likeness (QED) is 0.312. The van der Waals surface area contributed by atoms with Crippen LogP contribution < -0.4 is 10.9 Å². The van der Waals surface area contributed by atoms with Gasteiger partial charge in [-0.2, -0.15) is 13.2 Å². The van der Waals surface area contributed by atoms with Crippen LogP contribution in [0.15, 0.2) is 40.5 Å². The fraction of sp³-hybridized carbons (Fsp3) is 0.375. The molecule has 0 aromatic carbocycles. The molecule has 13 heteroatoms. The van der Waals surface area contributed by atoms with Gasteiger partial charge in [0.15, 0.2) is 23.0 Å². The number of hydrogen-bond acceptors (Lipinski definition) is 9. The van der Waals surface area contributed by atoms with Gasteiger partial charge in [0.05, 0.1) is 29.7 Å². The molecule has 4 aromatic rings. The maximum absolute atomic E-state index is 13.7. The van der Waals surface area contributed by atoms with Crippen molar-refractivity contribution in [2.45, 2.75) is 57.8 Å². The van der Waals surface area contributed by atoms with Gasteiger partial charge in [0, 0.05) is 17.1 Å². The summed E-state index contributed by atoms with van der Waals surface area (Å²) in [4.78, 5) is 39.1. The summed E-state index contributed by atoms with van der Waals surface area (Å²) in [6, 6.07) is 3.53. The van der Waals surface area contributed by atoms with E-state index in [4.69, 9.17) is 0 Å². The molecule has 0 fully saturated rings. The van der Waals surface area contributed by atoms with Gasteiger partial charge in [-0.3, -0.25) is 14.3 Å². The van der Waals surface area contributed by atoms with Crippen molar-refractivity contribution in [1.29, 1.82) is 0 Å². The van der Waals surface area contributed by atoms with Crippen molar-refractivity contribution in [2.24, 2.45) is 0 Å². The fourth-order valence-corrected chi connectivity index (χ4v) is 4.35. The number of hydrogen-bond donors (Lipinski definition) is 1. The molecule has 194 valence electrons. The second kappa shape index (κ2) is 10.8. The predicted molar refractivity (Wildman–Crippen MR) is 135 cm³/mol. The van der Waals surface area contributed by atoms with E-state index in [9.17, 15) is 18.0 Å². The first kappa shape index (κ1) is 26.5. The number of thioether (sulfide) groups is 1. The zero-order chi connectivity index (χ0) is 26.7. The number of pyridine rings is 1. The molecule has 0 aliphatic heterocycles. The minimum atomic E-state index is -4.73. The number of nitrogens with one attached hydrogen (secondary N) is 1. The summed E-state index contributed by atoms with van der Waals surface area (Å²) in [6.07, 6.45) is -0.218. The number of fused-ring (bicyclic) bond motifs is 1. The van der Waals surface area contributed by atoms with Gasteiger partial charge < -0.3 is 5.32 Å². The van der Waals surface area contributed by atoms with E-state index in [0.29, 0.717) is 6.42 Å². The van der Waals surface area contributed by atoms with E-state index >= 15 is 0 Å². The summed E-state index contributed by atoms with van der Waals surface area (Å²) >= 11 is 1.68. The molecule has 1 N–H and O–H groups in total. The molecular formula is C24H25F3N8OS. The minimum Gasteiger partial charge on any atom is -0.360 e. The molecule has 0 saturated carbocycles. The second-order valence-corrected chi connectivity index (χ2v) is 9.58. The summed E-state index contributed by atoms with van der Waals surface area (Å²) in [7, 11) is 0. The van der Waals surface area contributed by atoms with Gasteiger partial charge in [-0.25, -0.2) is 24.9 Å². The lowest BCUT2D eigenvalue weighted by Crippen LogP contribution is -2.28. The molecule has 4 rings (SSSR count). The van der Waals surface area contributed by atoms with Crippen LogP contribution >= 0.6 is 11.8 Å². The van der Waals surface area contributed by atoms with E-state index < -0.39 is 17.4 Å². The average molecular weight is 531 g/mol. The Morgan fingerprint density at radius 2 is 1.86 bits per heavy atom. The Balaban J connectivity index is 1.79. The lowest BCUT2D eigenvalue weighted by atomic mass is 10.1. The largest absolute Gasteiger partial charge is 0.434 e. The number of halogens is 3. The van der Waals surface area contributed by atoms with Crippen molar-refractivity contribution >= 4 is 28.7 Å². The summed E-state index contributed by atoms with van der Waals surface area (Å²) in [6.45, 7) is 7.48. The number of nitrogens with zero attached hydrogens (tertiary/aromatic N) is 7. The maximum atomic E-state index is 13.7. The molecule has 0 amide bonds. The van der Waals surface area contributed by atoms with Gasteiger partial charge in [0.1, 0.15) is 11.8 Å². The van der Waals surface area contributed by atoms with E-state index in [2.05, 4.69) is 42.1 Å².